The lowest BCUT2D eigenvalue weighted by atomic mass is 10.0. The predicted molar refractivity (Wildman–Crippen MR) is 126 cm³/mol. The van der Waals surface area contributed by atoms with Crippen LogP contribution in [-0.2, 0) is 11.3 Å². The summed E-state index contributed by atoms with van der Waals surface area (Å²) >= 11 is 0. The van der Waals surface area contributed by atoms with Crippen LogP contribution in [0.3, 0.4) is 0 Å². The molecule has 0 spiro atoms. The van der Waals surface area contributed by atoms with E-state index >= 15 is 0 Å². The van der Waals surface area contributed by atoms with E-state index in [4.69, 9.17) is 4.98 Å². The van der Waals surface area contributed by atoms with Crippen LogP contribution in [0.15, 0.2) is 72.9 Å². The summed E-state index contributed by atoms with van der Waals surface area (Å²) in [4.78, 5) is 24.2. The Labute approximate surface area is 187 Å². The van der Waals surface area contributed by atoms with Crippen molar-refractivity contribution in [2.24, 2.45) is 11.8 Å². The van der Waals surface area contributed by atoms with Crippen LogP contribution >= 0.6 is 0 Å². The van der Waals surface area contributed by atoms with Crippen molar-refractivity contribution in [3.63, 3.8) is 0 Å². The molecule has 2 aromatic heterocycles. The van der Waals surface area contributed by atoms with Crippen LogP contribution in [0.2, 0.25) is 0 Å². The van der Waals surface area contributed by atoms with Crippen molar-refractivity contribution in [3.8, 4) is 22.5 Å². The number of carbonyl (C=O) groups excluding carboxylic acids is 1. The largest absolute Gasteiger partial charge is 0.342 e. The van der Waals surface area contributed by atoms with E-state index in [1.807, 2.05) is 24.4 Å². The molecule has 1 amide bonds. The molecule has 1 saturated carbocycles. The maximum Gasteiger partial charge on any atom is 0.225 e. The molecule has 5 heteroatoms. The lowest BCUT2D eigenvalue weighted by molar-refractivity contribution is -0.131. The van der Waals surface area contributed by atoms with Crippen LogP contribution in [0, 0.1) is 11.8 Å². The molecular formula is C27H26N4O. The van der Waals surface area contributed by atoms with E-state index < -0.39 is 0 Å². The Kier molecular flexibility index (Phi) is 4.75. The number of hydrogen-bond donors (Lipinski definition) is 0. The van der Waals surface area contributed by atoms with Gasteiger partial charge < -0.3 is 9.47 Å². The quantitative estimate of drug-likeness (QED) is 0.454. The first-order chi connectivity index (χ1) is 15.8. The minimum atomic E-state index is 0.295. The summed E-state index contributed by atoms with van der Waals surface area (Å²) in [5.41, 5.74) is 5.33. The number of amides is 1. The summed E-state index contributed by atoms with van der Waals surface area (Å²) in [6.45, 7) is 2.55. The van der Waals surface area contributed by atoms with Crippen LogP contribution in [0.5, 0.6) is 0 Å². The van der Waals surface area contributed by atoms with Gasteiger partial charge in [0.05, 0.1) is 0 Å². The fourth-order valence-electron chi connectivity index (χ4n) is 4.82. The highest BCUT2D eigenvalue weighted by Gasteiger charge is 2.36. The highest BCUT2D eigenvalue weighted by atomic mass is 16.2. The number of fused-ring (bicyclic) bond motifs is 1. The Morgan fingerprint density at radius 1 is 0.875 bits per heavy atom. The van der Waals surface area contributed by atoms with E-state index in [-0.39, 0.29) is 0 Å². The molecule has 4 aromatic rings. The van der Waals surface area contributed by atoms with E-state index in [1.165, 1.54) is 11.1 Å². The van der Waals surface area contributed by atoms with Crippen molar-refractivity contribution in [1.82, 2.24) is 19.4 Å². The Morgan fingerprint density at radius 3 is 2.41 bits per heavy atom. The highest BCUT2D eigenvalue weighted by molar-refractivity contribution is 5.81. The first-order valence-electron chi connectivity index (χ1n) is 11.5. The zero-order valence-corrected chi connectivity index (χ0v) is 18.0. The summed E-state index contributed by atoms with van der Waals surface area (Å²) in [6.07, 6.45) is 5.01. The van der Waals surface area contributed by atoms with Crippen LogP contribution in [0.1, 0.15) is 19.3 Å². The maximum atomic E-state index is 12.5. The first-order valence-corrected chi connectivity index (χ1v) is 11.5. The van der Waals surface area contributed by atoms with Gasteiger partial charge in [-0.25, -0.2) is 9.97 Å². The van der Waals surface area contributed by atoms with Crippen molar-refractivity contribution < 1.29 is 4.79 Å². The molecule has 2 fully saturated rings. The predicted octanol–water partition coefficient (Wildman–Crippen LogP) is 5.02. The average molecular weight is 423 g/mol. The van der Waals surface area contributed by atoms with Crippen molar-refractivity contribution in [1.29, 1.82) is 0 Å². The molecule has 3 heterocycles. The number of pyridine rings is 1. The molecule has 32 heavy (non-hydrogen) atoms. The van der Waals surface area contributed by atoms with Gasteiger partial charge in [0.1, 0.15) is 11.3 Å². The number of imidazole rings is 1. The Hall–Kier alpha value is -3.47. The standard InChI is InChI=1S/C27H26N4O/c32-27(23-12-13-23)30-16-14-19(17-30)18-31-25(29-24-7-4-15-28-26(24)31)22-10-8-21(9-11-22)20-5-2-1-3-6-20/h1-11,15,19,23H,12-14,16-18H2/t19-/m1/s1. The first kappa shape index (κ1) is 19.2. The van der Waals surface area contributed by atoms with Gasteiger partial charge in [0.15, 0.2) is 5.65 Å². The molecule has 2 aliphatic rings. The minimum Gasteiger partial charge on any atom is -0.342 e. The number of carbonyl (C=O) groups is 1. The smallest absolute Gasteiger partial charge is 0.225 e. The molecule has 1 aliphatic heterocycles. The van der Waals surface area contributed by atoms with Gasteiger partial charge in [-0.2, -0.15) is 0 Å². The zero-order chi connectivity index (χ0) is 21.5. The monoisotopic (exact) mass is 422 g/mol. The second-order valence-corrected chi connectivity index (χ2v) is 9.05. The van der Waals surface area contributed by atoms with E-state index in [1.54, 1.807) is 0 Å². The second-order valence-electron chi connectivity index (χ2n) is 9.05. The van der Waals surface area contributed by atoms with E-state index in [0.29, 0.717) is 17.7 Å². The highest BCUT2D eigenvalue weighted by Crippen LogP contribution is 2.34. The van der Waals surface area contributed by atoms with Gasteiger partial charge >= 0.3 is 0 Å². The molecule has 0 bridgehead atoms. The summed E-state index contributed by atoms with van der Waals surface area (Å²) in [5.74, 6) is 2.03. The lowest BCUT2D eigenvalue weighted by Gasteiger charge is -2.17. The number of rotatable bonds is 5. The average Bonchev–Trinajstić information content (AvgIpc) is 3.49. The molecule has 6 rings (SSSR count). The van der Waals surface area contributed by atoms with Gasteiger partial charge in [-0.15, -0.1) is 0 Å². The maximum absolute atomic E-state index is 12.5. The minimum absolute atomic E-state index is 0.295. The summed E-state index contributed by atoms with van der Waals surface area (Å²) in [7, 11) is 0. The van der Waals surface area contributed by atoms with Crippen molar-refractivity contribution in [2.75, 3.05) is 13.1 Å². The van der Waals surface area contributed by atoms with Crippen molar-refractivity contribution >= 4 is 17.1 Å². The third kappa shape index (κ3) is 3.58. The Bertz CT molecular complexity index is 1260. The van der Waals surface area contributed by atoms with E-state index in [2.05, 4.69) is 63.0 Å². The molecule has 5 nitrogen and oxygen atoms in total. The summed E-state index contributed by atoms with van der Waals surface area (Å²) in [6, 6.07) is 23.0. The van der Waals surface area contributed by atoms with Crippen LogP contribution < -0.4 is 0 Å². The van der Waals surface area contributed by atoms with Gasteiger partial charge in [0.2, 0.25) is 5.91 Å². The summed E-state index contributed by atoms with van der Waals surface area (Å²) in [5, 5.41) is 0. The van der Waals surface area contributed by atoms with Crippen LogP contribution in [0.4, 0.5) is 0 Å². The molecule has 1 aliphatic carbocycles. The zero-order valence-electron chi connectivity index (χ0n) is 18.0. The Morgan fingerprint density at radius 2 is 1.62 bits per heavy atom. The molecule has 1 saturated heterocycles. The van der Waals surface area contributed by atoms with Gasteiger partial charge in [-0.3, -0.25) is 4.79 Å². The van der Waals surface area contributed by atoms with Crippen molar-refractivity contribution in [2.45, 2.75) is 25.8 Å². The van der Waals surface area contributed by atoms with Crippen LogP contribution in [-0.4, -0.2) is 38.4 Å². The fraction of sp³-hybridized carbons (Fsp3) is 0.296. The normalized spacial score (nSPS) is 18.4. The van der Waals surface area contributed by atoms with Gasteiger partial charge in [0.25, 0.3) is 0 Å². The van der Waals surface area contributed by atoms with Gasteiger partial charge in [-0.05, 0) is 48.4 Å². The van der Waals surface area contributed by atoms with E-state index in [0.717, 1.165) is 61.4 Å². The fourth-order valence-corrected chi connectivity index (χ4v) is 4.82. The third-order valence-corrected chi connectivity index (χ3v) is 6.72. The van der Waals surface area contributed by atoms with Crippen molar-refractivity contribution in [3.05, 3.63) is 72.9 Å². The topological polar surface area (TPSA) is 51.0 Å². The van der Waals surface area contributed by atoms with Gasteiger partial charge in [-0.1, -0.05) is 54.6 Å². The number of likely N-dealkylation sites (tertiary alicyclic amines) is 1. The number of aromatic nitrogens is 3. The third-order valence-electron chi connectivity index (χ3n) is 6.72. The second kappa shape index (κ2) is 7.90. The Balaban J connectivity index is 1.30. The van der Waals surface area contributed by atoms with Crippen LogP contribution in [0.25, 0.3) is 33.7 Å². The van der Waals surface area contributed by atoms with E-state index in [9.17, 15) is 4.79 Å². The number of nitrogens with zero attached hydrogens (tertiary/aromatic N) is 4. The molecule has 1 atom stereocenters. The molecule has 0 unspecified atom stereocenters. The SMILES string of the molecule is O=C(C1CC1)N1CC[C@@H](Cn2c(-c3ccc(-c4ccccc4)cc3)nc3cccnc32)C1. The molecule has 0 radical (unpaired) electrons. The summed E-state index contributed by atoms with van der Waals surface area (Å²) < 4.78 is 2.25. The lowest BCUT2D eigenvalue weighted by Crippen LogP contribution is -2.30. The number of benzene rings is 2. The number of hydrogen-bond acceptors (Lipinski definition) is 3. The molecule has 160 valence electrons. The van der Waals surface area contributed by atoms with Gasteiger partial charge in [0, 0.05) is 37.3 Å². The molecular weight excluding hydrogens is 396 g/mol. The molecule has 0 N–H and O–H groups in total. The molecule has 2 aromatic carbocycles.